The van der Waals surface area contributed by atoms with E-state index in [-0.39, 0.29) is 5.82 Å². The number of ether oxygens (including phenoxy) is 1. The molecule has 112 valence electrons. The van der Waals surface area contributed by atoms with Crippen molar-refractivity contribution in [1.82, 2.24) is 0 Å². The normalized spacial score (nSPS) is 19.6. The van der Waals surface area contributed by atoms with Crippen molar-refractivity contribution in [3.63, 3.8) is 0 Å². The van der Waals surface area contributed by atoms with Crippen molar-refractivity contribution in [3.05, 3.63) is 29.6 Å². The molecule has 0 aromatic heterocycles. The van der Waals surface area contributed by atoms with Crippen molar-refractivity contribution in [3.8, 4) is 0 Å². The van der Waals surface area contributed by atoms with Gasteiger partial charge < -0.3 is 19.8 Å². The first-order chi connectivity index (χ1) is 9.41. The number of aliphatic hydroxyl groups is 2. The van der Waals surface area contributed by atoms with Crippen LogP contribution in [0, 0.1) is 5.82 Å². The number of rotatable bonds is 4. The van der Waals surface area contributed by atoms with E-state index in [1.165, 1.54) is 6.07 Å². The lowest BCUT2D eigenvalue weighted by molar-refractivity contribution is -0.0573. The summed E-state index contributed by atoms with van der Waals surface area (Å²) in [7, 11) is 1.76. The van der Waals surface area contributed by atoms with Crippen LogP contribution >= 0.6 is 0 Å². The maximum absolute atomic E-state index is 14.1. The first-order valence-electron chi connectivity index (χ1n) is 6.90. The number of nitrogens with zero attached hydrogens (tertiary/aromatic N) is 1. The lowest BCUT2D eigenvalue weighted by Gasteiger charge is -2.36. The molecule has 1 saturated heterocycles. The van der Waals surface area contributed by atoms with E-state index >= 15 is 0 Å². The van der Waals surface area contributed by atoms with Gasteiger partial charge in [0.2, 0.25) is 0 Å². The van der Waals surface area contributed by atoms with Gasteiger partial charge in [0.05, 0.1) is 17.4 Å². The van der Waals surface area contributed by atoms with Crippen LogP contribution in [-0.4, -0.2) is 42.6 Å². The average Bonchev–Trinajstić information content (AvgIpc) is 2.38. The minimum absolute atomic E-state index is 0.362. The molecule has 0 unspecified atom stereocenters. The molecule has 1 atom stereocenters. The number of aliphatic hydroxyl groups excluding tert-OH is 1. The number of hydrogen-bond acceptors (Lipinski definition) is 4. The molecule has 0 spiro atoms. The molecule has 0 aliphatic carbocycles. The molecule has 5 heteroatoms. The van der Waals surface area contributed by atoms with E-state index in [1.807, 2.05) is 0 Å². The van der Waals surface area contributed by atoms with Crippen molar-refractivity contribution in [2.24, 2.45) is 0 Å². The molecule has 1 heterocycles. The SMILES string of the molecule is C[C@@H](O)c1ccc(N(C)CC2(O)CCOCC2)c(F)c1. The van der Waals surface area contributed by atoms with Gasteiger partial charge in [0, 0.05) is 39.6 Å². The number of halogens is 1. The molecule has 1 fully saturated rings. The smallest absolute Gasteiger partial charge is 0.146 e. The predicted octanol–water partition coefficient (Wildman–Crippen LogP) is 1.86. The summed E-state index contributed by atoms with van der Waals surface area (Å²) in [6, 6.07) is 4.68. The van der Waals surface area contributed by atoms with E-state index in [9.17, 15) is 14.6 Å². The maximum Gasteiger partial charge on any atom is 0.146 e. The molecule has 20 heavy (non-hydrogen) atoms. The molecule has 1 aliphatic rings. The Bertz CT molecular complexity index is 458. The summed E-state index contributed by atoms with van der Waals surface area (Å²) in [6.07, 6.45) is 0.429. The van der Waals surface area contributed by atoms with Crippen LogP contribution in [0.1, 0.15) is 31.4 Å². The summed E-state index contributed by atoms with van der Waals surface area (Å²) in [5.41, 5.74) is 0.140. The quantitative estimate of drug-likeness (QED) is 0.885. The first kappa shape index (κ1) is 15.2. The van der Waals surface area contributed by atoms with E-state index in [0.29, 0.717) is 43.9 Å². The Morgan fingerprint density at radius 3 is 2.60 bits per heavy atom. The standard InChI is InChI=1S/C15H22FNO3/c1-11(18)12-3-4-14(13(16)9-12)17(2)10-15(19)5-7-20-8-6-15/h3-4,9,11,18-19H,5-8,10H2,1-2H3/t11-/m1/s1. The third kappa shape index (κ3) is 3.48. The molecular formula is C15H22FNO3. The summed E-state index contributed by atoms with van der Waals surface area (Å²) < 4.78 is 19.3. The minimum atomic E-state index is -0.831. The third-order valence-corrected chi connectivity index (χ3v) is 3.82. The summed E-state index contributed by atoms with van der Waals surface area (Å²) in [5, 5.41) is 19.9. The minimum Gasteiger partial charge on any atom is -0.389 e. The monoisotopic (exact) mass is 283 g/mol. The lowest BCUT2D eigenvalue weighted by atomic mass is 9.93. The summed E-state index contributed by atoms with van der Waals surface area (Å²) in [4.78, 5) is 1.71. The first-order valence-corrected chi connectivity index (χ1v) is 6.90. The molecule has 2 rings (SSSR count). The molecule has 0 radical (unpaired) electrons. The van der Waals surface area contributed by atoms with Crippen molar-refractivity contribution in [2.45, 2.75) is 31.5 Å². The zero-order valence-electron chi connectivity index (χ0n) is 12.0. The Morgan fingerprint density at radius 1 is 1.40 bits per heavy atom. The average molecular weight is 283 g/mol. The van der Waals surface area contributed by atoms with Crippen LogP contribution in [0.15, 0.2) is 18.2 Å². The van der Waals surface area contributed by atoms with E-state index in [4.69, 9.17) is 4.74 Å². The van der Waals surface area contributed by atoms with Crippen LogP contribution in [0.5, 0.6) is 0 Å². The molecule has 0 amide bonds. The highest BCUT2D eigenvalue weighted by Gasteiger charge is 2.31. The van der Waals surface area contributed by atoms with Gasteiger partial charge in [-0.3, -0.25) is 0 Å². The van der Waals surface area contributed by atoms with Crippen LogP contribution in [0.25, 0.3) is 0 Å². The van der Waals surface area contributed by atoms with Crippen LogP contribution in [-0.2, 0) is 4.74 Å². The van der Waals surface area contributed by atoms with E-state index in [1.54, 1.807) is 31.0 Å². The van der Waals surface area contributed by atoms with Gasteiger partial charge in [-0.1, -0.05) is 6.07 Å². The second kappa shape index (κ2) is 6.08. The van der Waals surface area contributed by atoms with Gasteiger partial charge in [-0.05, 0) is 24.6 Å². The van der Waals surface area contributed by atoms with Crippen LogP contribution in [0.3, 0.4) is 0 Å². The third-order valence-electron chi connectivity index (χ3n) is 3.82. The topological polar surface area (TPSA) is 52.9 Å². The summed E-state index contributed by atoms with van der Waals surface area (Å²) in [5.74, 6) is -0.387. The molecule has 0 bridgehead atoms. The van der Waals surface area contributed by atoms with Gasteiger partial charge in [0.25, 0.3) is 0 Å². The number of benzene rings is 1. The number of likely N-dealkylation sites (N-methyl/N-ethyl adjacent to an activating group) is 1. The maximum atomic E-state index is 14.1. The largest absolute Gasteiger partial charge is 0.389 e. The van der Waals surface area contributed by atoms with Gasteiger partial charge in [0.15, 0.2) is 0 Å². The fourth-order valence-electron chi connectivity index (χ4n) is 2.53. The van der Waals surface area contributed by atoms with Gasteiger partial charge in [0.1, 0.15) is 5.82 Å². The van der Waals surface area contributed by atoms with Crippen molar-refractivity contribution >= 4 is 5.69 Å². The predicted molar refractivity (Wildman–Crippen MR) is 75.3 cm³/mol. The number of hydrogen-bond donors (Lipinski definition) is 2. The van der Waals surface area contributed by atoms with Crippen molar-refractivity contribution < 1.29 is 19.3 Å². The highest BCUT2D eigenvalue weighted by molar-refractivity contribution is 5.49. The zero-order chi connectivity index (χ0) is 14.8. The fourth-order valence-corrected chi connectivity index (χ4v) is 2.53. The highest BCUT2D eigenvalue weighted by atomic mass is 19.1. The Morgan fingerprint density at radius 2 is 2.05 bits per heavy atom. The molecule has 2 N–H and O–H groups in total. The molecule has 1 aromatic rings. The van der Waals surface area contributed by atoms with Gasteiger partial charge in [-0.2, -0.15) is 0 Å². The van der Waals surface area contributed by atoms with Crippen LogP contribution < -0.4 is 4.90 Å². The van der Waals surface area contributed by atoms with E-state index < -0.39 is 11.7 Å². The second-order valence-electron chi connectivity index (χ2n) is 5.58. The Balaban J connectivity index is 2.10. The van der Waals surface area contributed by atoms with Crippen LogP contribution in [0.2, 0.25) is 0 Å². The van der Waals surface area contributed by atoms with E-state index in [2.05, 4.69) is 0 Å². The Labute approximate surface area is 118 Å². The van der Waals surface area contributed by atoms with Crippen molar-refractivity contribution in [2.75, 3.05) is 31.7 Å². The summed E-state index contributed by atoms with van der Waals surface area (Å²) >= 11 is 0. The molecule has 4 nitrogen and oxygen atoms in total. The molecule has 1 aromatic carbocycles. The zero-order valence-corrected chi connectivity index (χ0v) is 12.0. The molecule has 1 aliphatic heterocycles. The van der Waals surface area contributed by atoms with Gasteiger partial charge >= 0.3 is 0 Å². The van der Waals surface area contributed by atoms with Gasteiger partial charge in [-0.15, -0.1) is 0 Å². The van der Waals surface area contributed by atoms with Crippen LogP contribution in [0.4, 0.5) is 10.1 Å². The number of anilines is 1. The fraction of sp³-hybridized carbons (Fsp3) is 0.600. The highest BCUT2D eigenvalue weighted by Crippen LogP contribution is 2.27. The van der Waals surface area contributed by atoms with E-state index in [0.717, 1.165) is 0 Å². The Kier molecular flexibility index (Phi) is 4.62. The molecule has 0 saturated carbocycles. The lowest BCUT2D eigenvalue weighted by Crippen LogP contribution is -2.46. The second-order valence-corrected chi connectivity index (χ2v) is 5.58. The van der Waals surface area contributed by atoms with Gasteiger partial charge in [-0.25, -0.2) is 4.39 Å². The Hall–Kier alpha value is -1.17. The molecular weight excluding hydrogens is 261 g/mol. The summed E-state index contributed by atoms with van der Waals surface area (Å²) in [6.45, 7) is 3.03. The van der Waals surface area contributed by atoms with Crippen molar-refractivity contribution in [1.29, 1.82) is 0 Å².